The number of hydrogen-bond acceptors (Lipinski definition) is 4. The Labute approximate surface area is 104 Å². The summed E-state index contributed by atoms with van der Waals surface area (Å²) in [6, 6.07) is 7.09. The van der Waals surface area contributed by atoms with E-state index >= 15 is 0 Å². The lowest BCUT2D eigenvalue weighted by Gasteiger charge is -2.06. The van der Waals surface area contributed by atoms with E-state index in [0.717, 1.165) is 5.75 Å². The van der Waals surface area contributed by atoms with Crippen LogP contribution in [0.4, 0.5) is 11.4 Å². The maximum Gasteiger partial charge on any atom is 0.275 e. The van der Waals surface area contributed by atoms with Crippen molar-refractivity contribution in [2.75, 3.05) is 17.7 Å². The molecule has 0 aliphatic heterocycles. The number of aromatic nitrogens is 2. The highest BCUT2D eigenvalue weighted by Crippen LogP contribution is 2.17. The van der Waals surface area contributed by atoms with Crippen LogP contribution in [0.15, 0.2) is 30.5 Å². The maximum absolute atomic E-state index is 11.8. The summed E-state index contributed by atoms with van der Waals surface area (Å²) in [4.78, 5) is 11.8. The van der Waals surface area contributed by atoms with Crippen LogP contribution in [-0.2, 0) is 0 Å². The molecule has 0 aliphatic carbocycles. The molecule has 4 N–H and O–H groups in total. The summed E-state index contributed by atoms with van der Waals surface area (Å²) in [7, 11) is 0. The summed E-state index contributed by atoms with van der Waals surface area (Å²) < 4.78 is 5.31. The van der Waals surface area contributed by atoms with Gasteiger partial charge in [0.25, 0.3) is 5.91 Å². The SMILES string of the molecule is CCOc1ccc(NC(=O)c2[nH]ncc2N)cc1. The molecule has 2 aromatic rings. The second-order valence-electron chi connectivity index (χ2n) is 3.61. The molecule has 1 aromatic heterocycles. The van der Waals surface area contributed by atoms with Gasteiger partial charge in [0.1, 0.15) is 11.4 Å². The van der Waals surface area contributed by atoms with Gasteiger partial charge < -0.3 is 15.8 Å². The molecular weight excluding hydrogens is 232 g/mol. The molecule has 1 amide bonds. The third-order valence-corrected chi connectivity index (χ3v) is 2.32. The van der Waals surface area contributed by atoms with Gasteiger partial charge in [-0.2, -0.15) is 5.10 Å². The number of hydrogen-bond donors (Lipinski definition) is 3. The third kappa shape index (κ3) is 2.60. The van der Waals surface area contributed by atoms with Gasteiger partial charge in [0, 0.05) is 5.69 Å². The zero-order valence-corrected chi connectivity index (χ0v) is 9.93. The van der Waals surface area contributed by atoms with Crippen molar-refractivity contribution in [1.82, 2.24) is 10.2 Å². The molecule has 0 spiro atoms. The van der Waals surface area contributed by atoms with Crippen molar-refractivity contribution in [3.63, 3.8) is 0 Å². The molecule has 94 valence electrons. The number of rotatable bonds is 4. The van der Waals surface area contributed by atoms with Gasteiger partial charge in [-0.15, -0.1) is 0 Å². The topological polar surface area (TPSA) is 93.0 Å². The minimum absolute atomic E-state index is 0.254. The van der Waals surface area contributed by atoms with E-state index in [1.165, 1.54) is 6.20 Å². The number of carbonyl (C=O) groups is 1. The van der Waals surface area contributed by atoms with Gasteiger partial charge in [-0.25, -0.2) is 0 Å². The van der Waals surface area contributed by atoms with E-state index in [-0.39, 0.29) is 11.6 Å². The highest BCUT2D eigenvalue weighted by Gasteiger charge is 2.11. The van der Waals surface area contributed by atoms with E-state index in [4.69, 9.17) is 10.5 Å². The second-order valence-corrected chi connectivity index (χ2v) is 3.61. The monoisotopic (exact) mass is 246 g/mol. The van der Waals surface area contributed by atoms with Crippen molar-refractivity contribution in [1.29, 1.82) is 0 Å². The molecule has 0 saturated carbocycles. The van der Waals surface area contributed by atoms with Crippen molar-refractivity contribution in [3.8, 4) is 5.75 Å². The minimum atomic E-state index is -0.325. The number of aromatic amines is 1. The fraction of sp³-hybridized carbons (Fsp3) is 0.167. The standard InChI is InChI=1S/C12H14N4O2/c1-2-18-9-5-3-8(4-6-9)15-12(17)11-10(13)7-14-16-11/h3-7H,2,13H2,1H3,(H,14,16)(H,15,17). The van der Waals surface area contributed by atoms with Gasteiger partial charge in [0.15, 0.2) is 0 Å². The van der Waals surface area contributed by atoms with Gasteiger partial charge >= 0.3 is 0 Å². The molecule has 0 radical (unpaired) electrons. The second kappa shape index (κ2) is 5.22. The zero-order valence-electron chi connectivity index (χ0n) is 9.93. The molecule has 18 heavy (non-hydrogen) atoms. The van der Waals surface area contributed by atoms with E-state index in [9.17, 15) is 4.79 Å². The van der Waals surface area contributed by atoms with E-state index in [1.54, 1.807) is 24.3 Å². The average molecular weight is 246 g/mol. The van der Waals surface area contributed by atoms with Crippen molar-refractivity contribution in [3.05, 3.63) is 36.2 Å². The van der Waals surface area contributed by atoms with Crippen molar-refractivity contribution in [2.45, 2.75) is 6.92 Å². The predicted molar refractivity (Wildman–Crippen MR) is 68.6 cm³/mol. The normalized spacial score (nSPS) is 10.1. The highest BCUT2D eigenvalue weighted by molar-refractivity contribution is 6.06. The van der Waals surface area contributed by atoms with Crippen LogP contribution in [0.2, 0.25) is 0 Å². The Bertz CT molecular complexity index is 533. The van der Waals surface area contributed by atoms with Crippen LogP contribution in [0.5, 0.6) is 5.75 Å². The van der Waals surface area contributed by atoms with Crippen LogP contribution in [0, 0.1) is 0 Å². The molecular formula is C12H14N4O2. The van der Waals surface area contributed by atoms with E-state index in [0.29, 0.717) is 18.0 Å². The Morgan fingerprint density at radius 3 is 2.72 bits per heavy atom. The number of nitrogens with zero attached hydrogens (tertiary/aromatic N) is 1. The summed E-state index contributed by atoms with van der Waals surface area (Å²) in [5, 5.41) is 8.95. The largest absolute Gasteiger partial charge is 0.494 e. The highest BCUT2D eigenvalue weighted by atomic mass is 16.5. The fourth-order valence-electron chi connectivity index (χ4n) is 1.47. The van der Waals surface area contributed by atoms with E-state index < -0.39 is 0 Å². The Morgan fingerprint density at radius 1 is 1.44 bits per heavy atom. The van der Waals surface area contributed by atoms with Crippen LogP contribution in [-0.4, -0.2) is 22.7 Å². The lowest BCUT2D eigenvalue weighted by atomic mass is 10.3. The predicted octanol–water partition coefficient (Wildman–Crippen LogP) is 1.64. The minimum Gasteiger partial charge on any atom is -0.494 e. The molecule has 0 bridgehead atoms. The smallest absolute Gasteiger partial charge is 0.275 e. The summed E-state index contributed by atoms with van der Waals surface area (Å²) in [5.74, 6) is 0.436. The van der Waals surface area contributed by atoms with Crippen LogP contribution in [0.1, 0.15) is 17.4 Å². The van der Waals surface area contributed by atoms with Crippen LogP contribution in [0.3, 0.4) is 0 Å². The Kier molecular flexibility index (Phi) is 3.47. The number of amides is 1. The summed E-state index contributed by atoms with van der Waals surface area (Å²) >= 11 is 0. The third-order valence-electron chi connectivity index (χ3n) is 2.32. The van der Waals surface area contributed by atoms with Gasteiger partial charge in [-0.05, 0) is 31.2 Å². The number of benzene rings is 1. The molecule has 6 heteroatoms. The number of anilines is 2. The molecule has 0 unspecified atom stereocenters. The van der Waals surface area contributed by atoms with Crippen LogP contribution >= 0.6 is 0 Å². The first-order valence-electron chi connectivity index (χ1n) is 5.53. The number of H-pyrrole nitrogens is 1. The Balaban J connectivity index is 2.05. The number of carbonyl (C=O) groups excluding carboxylic acids is 1. The summed E-state index contributed by atoms with van der Waals surface area (Å²) in [5.41, 5.74) is 6.82. The lowest BCUT2D eigenvalue weighted by molar-refractivity contribution is 0.102. The maximum atomic E-state index is 11.8. The van der Waals surface area contributed by atoms with Gasteiger partial charge in [-0.1, -0.05) is 0 Å². The lowest BCUT2D eigenvalue weighted by Crippen LogP contribution is -2.14. The molecule has 2 rings (SSSR count). The fourth-order valence-corrected chi connectivity index (χ4v) is 1.47. The Morgan fingerprint density at radius 2 is 2.17 bits per heavy atom. The van der Waals surface area contributed by atoms with Crippen LogP contribution in [0.25, 0.3) is 0 Å². The number of nitrogens with two attached hydrogens (primary N) is 1. The van der Waals surface area contributed by atoms with Gasteiger partial charge in [0.2, 0.25) is 0 Å². The summed E-state index contributed by atoms with van der Waals surface area (Å²) in [6.45, 7) is 2.52. The molecule has 0 aliphatic rings. The number of nitrogen functional groups attached to an aromatic ring is 1. The molecule has 1 heterocycles. The van der Waals surface area contributed by atoms with E-state index in [2.05, 4.69) is 15.5 Å². The van der Waals surface area contributed by atoms with Crippen molar-refractivity contribution in [2.24, 2.45) is 0 Å². The molecule has 1 aromatic carbocycles. The zero-order chi connectivity index (χ0) is 13.0. The number of ether oxygens (including phenoxy) is 1. The molecule has 0 atom stereocenters. The quantitative estimate of drug-likeness (QED) is 0.764. The van der Waals surface area contributed by atoms with Crippen LogP contribution < -0.4 is 15.8 Å². The first kappa shape index (κ1) is 12.0. The Hall–Kier alpha value is -2.50. The first-order chi connectivity index (χ1) is 8.70. The van der Waals surface area contributed by atoms with Gasteiger partial charge in [0.05, 0.1) is 18.5 Å². The van der Waals surface area contributed by atoms with Gasteiger partial charge in [-0.3, -0.25) is 9.89 Å². The summed E-state index contributed by atoms with van der Waals surface area (Å²) in [6.07, 6.45) is 1.40. The average Bonchev–Trinajstić information content (AvgIpc) is 2.78. The van der Waals surface area contributed by atoms with E-state index in [1.807, 2.05) is 6.92 Å². The number of nitrogens with one attached hydrogen (secondary N) is 2. The molecule has 6 nitrogen and oxygen atoms in total. The van der Waals surface area contributed by atoms with Crippen molar-refractivity contribution < 1.29 is 9.53 Å². The van der Waals surface area contributed by atoms with Crippen molar-refractivity contribution >= 4 is 17.3 Å². The molecule has 0 fully saturated rings. The molecule has 0 saturated heterocycles. The first-order valence-corrected chi connectivity index (χ1v) is 5.53.